The summed E-state index contributed by atoms with van der Waals surface area (Å²) in [6.45, 7) is 0. The van der Waals surface area contributed by atoms with Crippen LogP contribution in [0.5, 0.6) is 0 Å². The fourth-order valence-corrected chi connectivity index (χ4v) is 2.14. The molecule has 1 heterocycles. The molecule has 0 saturated carbocycles. The highest BCUT2D eigenvalue weighted by atomic mass is 19.1. The first-order valence-electron chi connectivity index (χ1n) is 6.09. The fraction of sp³-hybridized carbons (Fsp3) is 0.0667. The largest absolute Gasteiger partial charge is 0.241 e. The summed E-state index contributed by atoms with van der Waals surface area (Å²) in [6, 6.07) is 12.0. The Labute approximate surface area is 114 Å². The lowest BCUT2D eigenvalue weighted by atomic mass is 9.99. The Balaban J connectivity index is 2.09. The zero-order chi connectivity index (χ0) is 13.9. The van der Waals surface area contributed by atoms with Gasteiger partial charge in [-0.2, -0.15) is 5.10 Å². The van der Waals surface area contributed by atoms with Crippen molar-refractivity contribution in [3.05, 3.63) is 83.9 Å². The summed E-state index contributed by atoms with van der Waals surface area (Å²) in [6.07, 6.45) is 3.01. The summed E-state index contributed by atoms with van der Waals surface area (Å²) in [5.74, 6) is -0.601. The van der Waals surface area contributed by atoms with E-state index in [0.717, 1.165) is 11.1 Å². The monoisotopic (exact) mass is 271 g/mol. The van der Waals surface area contributed by atoms with Crippen molar-refractivity contribution in [2.24, 2.45) is 0 Å². The smallest absolute Gasteiger partial charge is 0.137 e. The van der Waals surface area contributed by atoms with Crippen LogP contribution in [0.15, 0.2) is 61.2 Å². The van der Waals surface area contributed by atoms with E-state index >= 15 is 0 Å². The molecule has 1 aromatic heterocycles. The third-order valence-corrected chi connectivity index (χ3v) is 3.07. The van der Waals surface area contributed by atoms with E-state index in [4.69, 9.17) is 0 Å². The van der Waals surface area contributed by atoms with Gasteiger partial charge in [-0.1, -0.05) is 24.3 Å². The predicted molar refractivity (Wildman–Crippen MR) is 70.1 cm³/mol. The van der Waals surface area contributed by atoms with Crippen molar-refractivity contribution in [1.82, 2.24) is 14.8 Å². The normalized spacial score (nSPS) is 10.9. The van der Waals surface area contributed by atoms with Gasteiger partial charge in [-0.15, -0.1) is 0 Å². The maximum Gasteiger partial charge on any atom is 0.137 e. The molecule has 5 heteroatoms. The first-order chi connectivity index (χ1) is 9.74. The molecule has 0 saturated heterocycles. The topological polar surface area (TPSA) is 30.7 Å². The third kappa shape index (κ3) is 2.42. The first-order valence-corrected chi connectivity index (χ1v) is 6.09. The van der Waals surface area contributed by atoms with Gasteiger partial charge in [0.25, 0.3) is 0 Å². The highest BCUT2D eigenvalue weighted by Crippen LogP contribution is 2.26. The average molecular weight is 271 g/mol. The number of aromatic nitrogens is 3. The lowest BCUT2D eigenvalue weighted by Crippen LogP contribution is -2.13. The van der Waals surface area contributed by atoms with E-state index in [1.54, 1.807) is 35.3 Å². The van der Waals surface area contributed by atoms with Crippen LogP contribution in [0.25, 0.3) is 0 Å². The van der Waals surface area contributed by atoms with Crippen LogP contribution in [-0.2, 0) is 0 Å². The zero-order valence-corrected chi connectivity index (χ0v) is 10.4. The van der Waals surface area contributed by atoms with Gasteiger partial charge in [0.1, 0.15) is 30.3 Å². The molecule has 0 aliphatic carbocycles. The van der Waals surface area contributed by atoms with E-state index < -0.39 is 0 Å². The molecule has 0 aliphatic heterocycles. The second-order valence-electron chi connectivity index (χ2n) is 4.38. The number of hydrogen-bond donors (Lipinski definition) is 0. The summed E-state index contributed by atoms with van der Waals surface area (Å²) in [5, 5.41) is 4.13. The zero-order valence-electron chi connectivity index (χ0n) is 10.4. The molecule has 0 atom stereocenters. The Kier molecular flexibility index (Phi) is 3.25. The molecule has 20 heavy (non-hydrogen) atoms. The van der Waals surface area contributed by atoms with Gasteiger partial charge in [-0.25, -0.2) is 18.4 Å². The van der Waals surface area contributed by atoms with Gasteiger partial charge in [-0.05, 0) is 35.4 Å². The highest BCUT2D eigenvalue weighted by Gasteiger charge is 2.17. The van der Waals surface area contributed by atoms with Crippen LogP contribution < -0.4 is 0 Å². The van der Waals surface area contributed by atoms with Crippen molar-refractivity contribution in [3.8, 4) is 0 Å². The Bertz CT molecular complexity index is 631. The van der Waals surface area contributed by atoms with E-state index in [-0.39, 0.29) is 17.7 Å². The van der Waals surface area contributed by atoms with Gasteiger partial charge in [0, 0.05) is 0 Å². The number of rotatable bonds is 3. The molecular formula is C15H11F2N3. The molecule has 0 bridgehead atoms. The van der Waals surface area contributed by atoms with Crippen LogP contribution in [0.1, 0.15) is 17.2 Å². The lowest BCUT2D eigenvalue weighted by Gasteiger charge is -2.18. The van der Waals surface area contributed by atoms with Crippen LogP contribution in [-0.4, -0.2) is 14.8 Å². The molecule has 0 amide bonds. The average Bonchev–Trinajstić information content (AvgIpc) is 2.97. The summed E-state index contributed by atoms with van der Waals surface area (Å²) in [7, 11) is 0. The van der Waals surface area contributed by atoms with Gasteiger partial charge in [-0.3, -0.25) is 0 Å². The fourth-order valence-electron chi connectivity index (χ4n) is 2.14. The minimum absolute atomic E-state index is 0.265. The standard InChI is InChI=1S/C15H11F2N3/c16-13-5-1-11(2-6-13)15(20-10-18-9-19-20)12-3-7-14(17)8-4-12/h1-10,15H. The number of nitrogens with zero attached hydrogens (tertiary/aromatic N) is 3. The minimum atomic E-state index is -0.301. The molecule has 0 unspecified atom stereocenters. The van der Waals surface area contributed by atoms with Gasteiger partial charge < -0.3 is 0 Å². The predicted octanol–water partition coefficient (Wildman–Crippen LogP) is 3.19. The van der Waals surface area contributed by atoms with Crippen LogP contribution in [0.3, 0.4) is 0 Å². The van der Waals surface area contributed by atoms with Crippen molar-refractivity contribution in [2.45, 2.75) is 6.04 Å². The molecule has 3 nitrogen and oxygen atoms in total. The highest BCUT2D eigenvalue weighted by molar-refractivity contribution is 5.32. The van der Waals surface area contributed by atoms with Crippen molar-refractivity contribution in [1.29, 1.82) is 0 Å². The second-order valence-corrected chi connectivity index (χ2v) is 4.38. The molecule has 100 valence electrons. The first kappa shape index (κ1) is 12.5. The molecule has 0 spiro atoms. The van der Waals surface area contributed by atoms with Gasteiger partial charge >= 0.3 is 0 Å². The van der Waals surface area contributed by atoms with E-state index in [1.165, 1.54) is 30.6 Å². The SMILES string of the molecule is Fc1ccc(C(c2ccc(F)cc2)n2cncn2)cc1. The molecule has 0 aliphatic rings. The van der Waals surface area contributed by atoms with Crippen molar-refractivity contribution < 1.29 is 8.78 Å². The maximum absolute atomic E-state index is 13.1. The molecule has 0 fully saturated rings. The summed E-state index contributed by atoms with van der Waals surface area (Å²) < 4.78 is 27.8. The Morgan fingerprint density at radius 2 is 1.30 bits per heavy atom. The minimum Gasteiger partial charge on any atom is -0.241 e. The van der Waals surface area contributed by atoms with Crippen LogP contribution >= 0.6 is 0 Å². The third-order valence-electron chi connectivity index (χ3n) is 3.07. The molecular weight excluding hydrogens is 260 g/mol. The molecule has 0 radical (unpaired) electrons. The Morgan fingerprint density at radius 1 is 0.800 bits per heavy atom. The second kappa shape index (κ2) is 5.21. The van der Waals surface area contributed by atoms with Crippen LogP contribution in [0.4, 0.5) is 8.78 Å². The number of hydrogen-bond acceptors (Lipinski definition) is 2. The van der Waals surface area contributed by atoms with Gasteiger partial charge in [0.2, 0.25) is 0 Å². The van der Waals surface area contributed by atoms with E-state index in [9.17, 15) is 8.78 Å². The van der Waals surface area contributed by atoms with Gasteiger partial charge in [0.15, 0.2) is 0 Å². The molecule has 0 N–H and O–H groups in total. The number of halogens is 2. The van der Waals surface area contributed by atoms with Crippen molar-refractivity contribution in [3.63, 3.8) is 0 Å². The molecule has 3 rings (SSSR count). The molecule has 3 aromatic rings. The summed E-state index contributed by atoms with van der Waals surface area (Å²) in [5.41, 5.74) is 1.70. The Hall–Kier alpha value is -2.56. The van der Waals surface area contributed by atoms with Crippen LogP contribution in [0, 0.1) is 11.6 Å². The van der Waals surface area contributed by atoms with Crippen molar-refractivity contribution in [2.75, 3.05) is 0 Å². The van der Waals surface area contributed by atoms with E-state index in [1.807, 2.05) is 0 Å². The Morgan fingerprint density at radius 3 is 1.70 bits per heavy atom. The van der Waals surface area contributed by atoms with Gasteiger partial charge in [0.05, 0.1) is 0 Å². The van der Waals surface area contributed by atoms with E-state index in [0.29, 0.717) is 0 Å². The quantitative estimate of drug-likeness (QED) is 0.732. The van der Waals surface area contributed by atoms with Crippen molar-refractivity contribution >= 4 is 0 Å². The molecule has 2 aromatic carbocycles. The summed E-state index contributed by atoms with van der Waals surface area (Å²) >= 11 is 0. The van der Waals surface area contributed by atoms with E-state index in [2.05, 4.69) is 10.1 Å². The lowest BCUT2D eigenvalue weighted by molar-refractivity contribution is 0.584. The maximum atomic E-state index is 13.1. The van der Waals surface area contributed by atoms with Crippen LogP contribution in [0.2, 0.25) is 0 Å². The summed E-state index contributed by atoms with van der Waals surface area (Å²) in [4.78, 5) is 3.93. The number of benzene rings is 2.